The highest BCUT2D eigenvalue weighted by molar-refractivity contribution is 6.30. The molecule has 2 aromatic heterocycles. The number of benzene rings is 1. The van der Waals surface area contributed by atoms with Gasteiger partial charge in [-0.1, -0.05) is 23.7 Å². The van der Waals surface area contributed by atoms with Crippen molar-refractivity contribution < 1.29 is 9.53 Å². The second-order valence-electron chi connectivity index (χ2n) is 8.71. The van der Waals surface area contributed by atoms with Gasteiger partial charge in [-0.15, -0.1) is 0 Å². The smallest absolute Gasteiger partial charge is 0.332 e. The monoisotopic (exact) mass is 488 g/mol. The molecule has 1 unspecified atom stereocenters. The molecule has 1 fully saturated rings. The molecule has 0 N–H and O–H groups in total. The third kappa shape index (κ3) is 5.24. The number of ether oxygens (including phenoxy) is 1. The highest BCUT2D eigenvalue weighted by Crippen LogP contribution is 2.14. The van der Waals surface area contributed by atoms with Gasteiger partial charge in [-0.05, 0) is 17.7 Å². The normalized spacial score (nSPS) is 16.1. The number of aromatic nitrogens is 4. The van der Waals surface area contributed by atoms with Crippen LogP contribution in [-0.2, 0) is 36.7 Å². The molecule has 1 saturated heterocycles. The lowest BCUT2D eigenvalue weighted by atomic mass is 10.2. The van der Waals surface area contributed by atoms with Crippen molar-refractivity contribution in [3.05, 3.63) is 62.0 Å². The summed E-state index contributed by atoms with van der Waals surface area (Å²) < 4.78 is 9.67. The van der Waals surface area contributed by atoms with Gasteiger partial charge >= 0.3 is 11.7 Å². The number of carbonyl (C=O) groups is 1. The minimum atomic E-state index is -0.459. The second kappa shape index (κ2) is 10.1. The van der Waals surface area contributed by atoms with E-state index in [2.05, 4.69) is 14.8 Å². The maximum atomic E-state index is 12.7. The molecule has 0 saturated carbocycles. The number of aryl methyl sites for hydroxylation is 1. The minimum absolute atomic E-state index is 0.272. The molecule has 4 rings (SSSR count). The van der Waals surface area contributed by atoms with Gasteiger partial charge in [-0.25, -0.2) is 9.78 Å². The van der Waals surface area contributed by atoms with E-state index in [1.807, 2.05) is 24.3 Å². The van der Waals surface area contributed by atoms with Gasteiger partial charge in [0.1, 0.15) is 6.10 Å². The van der Waals surface area contributed by atoms with Crippen LogP contribution >= 0.6 is 11.6 Å². The average Bonchev–Trinajstić information content (AvgIpc) is 3.22. The van der Waals surface area contributed by atoms with E-state index in [0.29, 0.717) is 17.7 Å². The highest BCUT2D eigenvalue weighted by Gasteiger charge is 2.24. The van der Waals surface area contributed by atoms with E-state index in [1.165, 1.54) is 30.4 Å². The molecular weight excluding hydrogens is 460 g/mol. The van der Waals surface area contributed by atoms with E-state index in [-0.39, 0.29) is 12.5 Å². The largest absolute Gasteiger partial charge is 0.459 e. The van der Waals surface area contributed by atoms with E-state index in [9.17, 15) is 14.4 Å². The number of esters is 1. The quantitative estimate of drug-likeness (QED) is 0.455. The Morgan fingerprint density at radius 2 is 1.68 bits per heavy atom. The van der Waals surface area contributed by atoms with Crippen LogP contribution in [0.15, 0.2) is 40.2 Å². The van der Waals surface area contributed by atoms with E-state index >= 15 is 0 Å². The summed E-state index contributed by atoms with van der Waals surface area (Å²) in [6.07, 6.45) is 1.06. The third-order valence-corrected chi connectivity index (χ3v) is 6.45. The van der Waals surface area contributed by atoms with Gasteiger partial charge in [0.2, 0.25) is 0 Å². The molecule has 1 atom stereocenters. The van der Waals surface area contributed by atoms with Crippen LogP contribution in [0.4, 0.5) is 0 Å². The van der Waals surface area contributed by atoms with Crippen LogP contribution in [0.1, 0.15) is 12.5 Å². The van der Waals surface area contributed by atoms with Crippen molar-refractivity contribution in [2.45, 2.75) is 26.1 Å². The Labute approximate surface area is 201 Å². The molecule has 1 aromatic carbocycles. The lowest BCUT2D eigenvalue weighted by molar-refractivity contribution is -0.148. The molecule has 3 heterocycles. The van der Waals surface area contributed by atoms with Crippen LogP contribution in [-0.4, -0.2) is 73.3 Å². The molecule has 1 aliphatic rings. The number of nitrogens with zero attached hydrogens (tertiary/aromatic N) is 6. The molecule has 10 nitrogen and oxygen atoms in total. The molecule has 11 heteroatoms. The Hall–Kier alpha value is -2.95. The first-order chi connectivity index (χ1) is 16.2. The molecule has 0 bridgehead atoms. The molecule has 0 amide bonds. The minimum Gasteiger partial charge on any atom is -0.459 e. The molecule has 3 aromatic rings. The van der Waals surface area contributed by atoms with Crippen LogP contribution in [0, 0.1) is 0 Å². The van der Waals surface area contributed by atoms with E-state index in [4.69, 9.17) is 16.3 Å². The molecule has 0 radical (unpaired) electrons. The standard InChI is InChI=1S/C23H29ClN6O4/c1-16(31)34-19(14-30-15-25-21-20(30)22(32)27(3)23(33)26(21)2)13-29-10-8-28(9-11-29)12-17-4-6-18(24)7-5-17/h4-7,15,19H,8-14H2,1-3H3. The SMILES string of the molecule is CC(=O)OC(CN1CCN(Cc2ccc(Cl)cc2)CC1)Cn1cnc2c1c(=O)n(C)c(=O)n2C. The maximum Gasteiger partial charge on any atom is 0.332 e. The average molecular weight is 489 g/mol. The van der Waals surface area contributed by atoms with Crippen LogP contribution in [0.2, 0.25) is 5.02 Å². The van der Waals surface area contributed by atoms with Gasteiger partial charge in [0, 0.05) is 65.3 Å². The fourth-order valence-corrected chi connectivity index (χ4v) is 4.51. The van der Waals surface area contributed by atoms with Gasteiger partial charge in [0.15, 0.2) is 11.2 Å². The van der Waals surface area contributed by atoms with Crippen molar-refractivity contribution in [3.8, 4) is 0 Å². The van der Waals surface area contributed by atoms with Gasteiger partial charge in [0.05, 0.1) is 12.9 Å². The number of carbonyl (C=O) groups excluding carboxylic acids is 1. The third-order valence-electron chi connectivity index (χ3n) is 6.20. The van der Waals surface area contributed by atoms with Crippen molar-refractivity contribution >= 4 is 28.7 Å². The number of rotatable bonds is 7. The Morgan fingerprint density at radius 3 is 2.32 bits per heavy atom. The predicted molar refractivity (Wildman–Crippen MR) is 129 cm³/mol. The van der Waals surface area contributed by atoms with Crippen molar-refractivity contribution in [2.75, 3.05) is 32.7 Å². The zero-order chi connectivity index (χ0) is 24.4. The van der Waals surface area contributed by atoms with Gasteiger partial charge in [-0.3, -0.25) is 28.5 Å². The van der Waals surface area contributed by atoms with Crippen LogP contribution in [0.3, 0.4) is 0 Å². The first-order valence-electron chi connectivity index (χ1n) is 11.2. The van der Waals surface area contributed by atoms with Crippen LogP contribution in [0.5, 0.6) is 0 Å². The van der Waals surface area contributed by atoms with Crippen LogP contribution < -0.4 is 11.2 Å². The van der Waals surface area contributed by atoms with Gasteiger partial charge < -0.3 is 9.30 Å². The molecule has 0 spiro atoms. The molecular formula is C23H29ClN6O4. The summed E-state index contributed by atoms with van der Waals surface area (Å²) in [5.74, 6) is -0.379. The topological polar surface area (TPSA) is 94.6 Å². The van der Waals surface area contributed by atoms with Gasteiger partial charge in [0.25, 0.3) is 5.56 Å². The number of piperazine rings is 1. The maximum absolute atomic E-state index is 12.7. The fraction of sp³-hybridized carbons (Fsp3) is 0.478. The van der Waals surface area contributed by atoms with Crippen molar-refractivity contribution in [1.29, 1.82) is 0 Å². The summed E-state index contributed by atoms with van der Waals surface area (Å²) in [6.45, 7) is 6.53. The Morgan fingerprint density at radius 1 is 1.03 bits per heavy atom. The Balaban J connectivity index is 1.43. The Bertz CT molecular complexity index is 1290. The van der Waals surface area contributed by atoms with Crippen molar-refractivity contribution in [1.82, 2.24) is 28.5 Å². The first kappa shape index (κ1) is 24.2. The lowest BCUT2D eigenvalue weighted by Gasteiger charge is -2.36. The summed E-state index contributed by atoms with van der Waals surface area (Å²) >= 11 is 5.98. The fourth-order valence-electron chi connectivity index (χ4n) is 4.39. The van der Waals surface area contributed by atoms with Gasteiger partial charge in [-0.2, -0.15) is 0 Å². The predicted octanol–water partition coefficient (Wildman–Crippen LogP) is 0.837. The molecule has 34 heavy (non-hydrogen) atoms. The van der Waals surface area contributed by atoms with E-state index < -0.39 is 17.4 Å². The summed E-state index contributed by atoms with van der Waals surface area (Å²) in [5, 5.41) is 0.732. The zero-order valence-corrected chi connectivity index (χ0v) is 20.4. The summed E-state index contributed by atoms with van der Waals surface area (Å²) in [5.41, 5.74) is 0.988. The zero-order valence-electron chi connectivity index (χ0n) is 19.6. The molecule has 0 aliphatic carbocycles. The number of hydrogen-bond donors (Lipinski definition) is 0. The number of hydrogen-bond acceptors (Lipinski definition) is 7. The summed E-state index contributed by atoms with van der Waals surface area (Å²) in [7, 11) is 3.02. The number of imidazole rings is 1. The van der Waals surface area contributed by atoms with Crippen molar-refractivity contribution in [3.63, 3.8) is 0 Å². The summed E-state index contributed by atoms with van der Waals surface area (Å²) in [4.78, 5) is 45.6. The summed E-state index contributed by atoms with van der Waals surface area (Å²) in [6, 6.07) is 7.89. The van der Waals surface area contributed by atoms with E-state index in [0.717, 1.165) is 42.3 Å². The number of fused-ring (bicyclic) bond motifs is 1. The molecule has 1 aliphatic heterocycles. The molecule has 182 valence electrons. The number of halogens is 1. The van der Waals surface area contributed by atoms with E-state index in [1.54, 1.807) is 11.6 Å². The first-order valence-corrected chi connectivity index (χ1v) is 11.6. The second-order valence-corrected chi connectivity index (χ2v) is 9.15. The highest BCUT2D eigenvalue weighted by atomic mass is 35.5. The van der Waals surface area contributed by atoms with Crippen LogP contribution in [0.25, 0.3) is 11.2 Å². The Kier molecular flexibility index (Phi) is 7.20. The van der Waals surface area contributed by atoms with Crippen molar-refractivity contribution in [2.24, 2.45) is 14.1 Å². The lowest BCUT2D eigenvalue weighted by Crippen LogP contribution is -2.49.